The molecule has 40 heavy (non-hydrogen) atoms. The third kappa shape index (κ3) is 8.68. The van der Waals surface area contributed by atoms with Crippen molar-refractivity contribution in [3.63, 3.8) is 0 Å². The minimum absolute atomic E-state index is 0.00555. The van der Waals surface area contributed by atoms with Gasteiger partial charge in [-0.25, -0.2) is 12.8 Å². The summed E-state index contributed by atoms with van der Waals surface area (Å²) in [4.78, 5) is 29.0. The summed E-state index contributed by atoms with van der Waals surface area (Å²) in [7, 11) is -4.00. The Morgan fingerprint density at radius 3 is 2.25 bits per heavy atom. The number of nitrogens with zero attached hydrogens (tertiary/aromatic N) is 2. The van der Waals surface area contributed by atoms with Gasteiger partial charge in [0.05, 0.1) is 22.0 Å². The molecule has 0 bridgehead atoms. The van der Waals surface area contributed by atoms with Gasteiger partial charge in [0.15, 0.2) is 0 Å². The van der Waals surface area contributed by atoms with Crippen molar-refractivity contribution in [3.05, 3.63) is 99.8 Å². The van der Waals surface area contributed by atoms with E-state index in [1.165, 1.54) is 23.1 Å². The Bertz CT molecular complexity index is 1440. The van der Waals surface area contributed by atoms with Crippen molar-refractivity contribution in [3.8, 4) is 0 Å². The maximum atomic E-state index is 14.0. The van der Waals surface area contributed by atoms with Gasteiger partial charge in [-0.15, -0.1) is 0 Å². The highest BCUT2D eigenvalue weighted by atomic mass is 35.5. The summed E-state index contributed by atoms with van der Waals surface area (Å²) < 4.78 is 40.3. The van der Waals surface area contributed by atoms with Crippen LogP contribution in [0.4, 0.5) is 10.1 Å². The van der Waals surface area contributed by atoms with Crippen LogP contribution in [-0.2, 0) is 32.6 Å². The number of hydrogen-bond acceptors (Lipinski definition) is 4. The summed E-state index contributed by atoms with van der Waals surface area (Å²) in [6.07, 6.45) is 1.78. The highest BCUT2D eigenvalue weighted by molar-refractivity contribution is 7.92. The van der Waals surface area contributed by atoms with Gasteiger partial charge in [0, 0.05) is 19.0 Å². The molecule has 0 aliphatic heterocycles. The number of halogens is 3. The fraction of sp³-hybridized carbons (Fsp3) is 0.310. The van der Waals surface area contributed by atoms with E-state index in [0.29, 0.717) is 17.0 Å². The lowest BCUT2D eigenvalue weighted by molar-refractivity contribution is -0.140. The van der Waals surface area contributed by atoms with Gasteiger partial charge < -0.3 is 10.2 Å². The SMILES string of the molecule is CC[C@H](C)NC(=O)[C@H](Cc1ccccc1)N(Cc1ccc(Cl)c(Cl)c1)C(=O)CN(c1cccc(F)c1)S(C)(=O)=O. The Balaban J connectivity index is 2.08. The van der Waals surface area contributed by atoms with E-state index < -0.39 is 34.3 Å². The lowest BCUT2D eigenvalue weighted by Crippen LogP contribution is -2.54. The van der Waals surface area contributed by atoms with E-state index in [1.807, 2.05) is 44.2 Å². The molecule has 1 N–H and O–H groups in total. The third-order valence-corrected chi connectivity index (χ3v) is 8.26. The van der Waals surface area contributed by atoms with Crippen molar-refractivity contribution >= 4 is 50.7 Å². The summed E-state index contributed by atoms with van der Waals surface area (Å²) in [5, 5.41) is 3.55. The lowest BCUT2D eigenvalue weighted by atomic mass is 10.0. The quantitative estimate of drug-likeness (QED) is 0.296. The van der Waals surface area contributed by atoms with Crippen LogP contribution in [0.15, 0.2) is 72.8 Å². The van der Waals surface area contributed by atoms with Crippen LogP contribution in [0.25, 0.3) is 0 Å². The molecule has 0 aliphatic rings. The van der Waals surface area contributed by atoms with Gasteiger partial charge in [-0.05, 0) is 54.8 Å². The van der Waals surface area contributed by atoms with Crippen LogP contribution >= 0.6 is 23.2 Å². The molecule has 0 heterocycles. The molecule has 11 heteroatoms. The normalized spacial score (nSPS) is 12.8. The number of carbonyl (C=O) groups is 2. The molecule has 0 aliphatic carbocycles. The van der Waals surface area contributed by atoms with E-state index in [-0.39, 0.29) is 35.6 Å². The monoisotopic (exact) mass is 607 g/mol. The number of sulfonamides is 1. The van der Waals surface area contributed by atoms with Crippen molar-refractivity contribution in [2.24, 2.45) is 0 Å². The zero-order valence-electron chi connectivity index (χ0n) is 22.5. The van der Waals surface area contributed by atoms with Crippen LogP contribution in [0.3, 0.4) is 0 Å². The average molecular weight is 609 g/mol. The molecule has 0 radical (unpaired) electrons. The zero-order chi connectivity index (χ0) is 29.4. The minimum Gasteiger partial charge on any atom is -0.352 e. The van der Waals surface area contributed by atoms with Crippen molar-refractivity contribution in [2.75, 3.05) is 17.1 Å². The largest absolute Gasteiger partial charge is 0.352 e. The minimum atomic E-state index is -4.00. The Kier molecular flexibility index (Phi) is 11.0. The van der Waals surface area contributed by atoms with Crippen LogP contribution in [0.1, 0.15) is 31.4 Å². The number of benzene rings is 3. The van der Waals surface area contributed by atoms with Crippen molar-refractivity contribution in [1.29, 1.82) is 0 Å². The number of hydrogen-bond donors (Lipinski definition) is 1. The molecule has 2 atom stereocenters. The molecular weight excluding hydrogens is 576 g/mol. The molecule has 0 spiro atoms. The van der Waals surface area contributed by atoms with E-state index in [4.69, 9.17) is 23.2 Å². The van der Waals surface area contributed by atoms with Crippen LogP contribution < -0.4 is 9.62 Å². The molecule has 0 saturated carbocycles. The van der Waals surface area contributed by atoms with Gasteiger partial charge in [0.2, 0.25) is 21.8 Å². The maximum Gasteiger partial charge on any atom is 0.244 e. The molecule has 0 fully saturated rings. The molecule has 3 aromatic carbocycles. The molecule has 3 rings (SSSR count). The topological polar surface area (TPSA) is 86.8 Å². The highest BCUT2D eigenvalue weighted by Crippen LogP contribution is 2.25. The first-order chi connectivity index (χ1) is 18.9. The number of anilines is 1. The van der Waals surface area contributed by atoms with E-state index in [0.717, 1.165) is 22.2 Å². The number of nitrogens with one attached hydrogen (secondary N) is 1. The van der Waals surface area contributed by atoms with Crippen molar-refractivity contribution in [2.45, 2.75) is 45.3 Å². The van der Waals surface area contributed by atoms with Gasteiger partial charge in [0.1, 0.15) is 18.4 Å². The Hall–Kier alpha value is -3.14. The second-order valence-electron chi connectivity index (χ2n) is 9.54. The first kappa shape index (κ1) is 31.4. The molecule has 0 saturated heterocycles. The summed E-state index contributed by atoms with van der Waals surface area (Å²) in [6.45, 7) is 3.09. The molecule has 214 valence electrons. The summed E-state index contributed by atoms with van der Waals surface area (Å²) in [5.74, 6) is -1.69. The zero-order valence-corrected chi connectivity index (χ0v) is 24.8. The average Bonchev–Trinajstić information content (AvgIpc) is 2.90. The Morgan fingerprint density at radius 2 is 1.65 bits per heavy atom. The predicted octanol–water partition coefficient (Wildman–Crippen LogP) is 5.45. The first-order valence-electron chi connectivity index (χ1n) is 12.7. The fourth-order valence-corrected chi connectivity index (χ4v) is 5.24. The van der Waals surface area contributed by atoms with Crippen LogP contribution in [0, 0.1) is 5.82 Å². The van der Waals surface area contributed by atoms with Gasteiger partial charge in [0.25, 0.3) is 0 Å². The molecule has 0 aromatic heterocycles. The van der Waals surface area contributed by atoms with Crippen LogP contribution in [0.2, 0.25) is 10.0 Å². The second kappa shape index (κ2) is 14.0. The standard InChI is InChI=1S/C29H32Cl2FN3O4S/c1-4-20(2)33-29(37)27(16-21-9-6-5-7-10-21)34(18-22-13-14-25(30)26(31)15-22)28(36)19-35(40(3,38)39)24-12-8-11-23(32)17-24/h5-15,17,20,27H,4,16,18-19H2,1-3H3,(H,33,37)/t20-,27-/m0/s1. The maximum absolute atomic E-state index is 14.0. The highest BCUT2D eigenvalue weighted by Gasteiger charge is 2.33. The Morgan fingerprint density at radius 1 is 0.950 bits per heavy atom. The van der Waals surface area contributed by atoms with Gasteiger partial charge in [-0.3, -0.25) is 13.9 Å². The Labute approximate surface area is 244 Å². The number of carbonyl (C=O) groups excluding carboxylic acids is 2. The van der Waals surface area contributed by atoms with Gasteiger partial charge in [-0.2, -0.15) is 0 Å². The third-order valence-electron chi connectivity index (χ3n) is 6.38. The summed E-state index contributed by atoms with van der Waals surface area (Å²) >= 11 is 12.3. The predicted molar refractivity (Wildman–Crippen MR) is 157 cm³/mol. The van der Waals surface area contributed by atoms with E-state index in [2.05, 4.69) is 5.32 Å². The molecule has 3 aromatic rings. The second-order valence-corrected chi connectivity index (χ2v) is 12.3. The number of rotatable bonds is 12. The van der Waals surface area contributed by atoms with Crippen molar-refractivity contribution in [1.82, 2.24) is 10.2 Å². The van der Waals surface area contributed by atoms with Crippen LogP contribution in [-0.4, -0.2) is 50.0 Å². The van der Waals surface area contributed by atoms with E-state index >= 15 is 0 Å². The lowest BCUT2D eigenvalue weighted by Gasteiger charge is -2.34. The molecule has 0 unspecified atom stereocenters. The fourth-order valence-electron chi connectivity index (χ4n) is 4.07. The molecule has 2 amide bonds. The smallest absolute Gasteiger partial charge is 0.244 e. The van der Waals surface area contributed by atoms with E-state index in [1.54, 1.807) is 18.2 Å². The van der Waals surface area contributed by atoms with E-state index in [9.17, 15) is 22.4 Å². The summed E-state index contributed by atoms with van der Waals surface area (Å²) in [6, 6.07) is 17.9. The molecular formula is C29H32Cl2FN3O4S. The van der Waals surface area contributed by atoms with Gasteiger partial charge in [-0.1, -0.05) is 72.6 Å². The van der Waals surface area contributed by atoms with Crippen LogP contribution in [0.5, 0.6) is 0 Å². The summed E-state index contributed by atoms with van der Waals surface area (Å²) in [5.41, 5.74) is 1.40. The van der Waals surface area contributed by atoms with Gasteiger partial charge >= 0.3 is 0 Å². The van der Waals surface area contributed by atoms with Crippen molar-refractivity contribution < 1.29 is 22.4 Å². The molecule has 7 nitrogen and oxygen atoms in total. The number of amides is 2. The first-order valence-corrected chi connectivity index (χ1v) is 15.3.